The molecule has 0 aromatic rings. The standard InChI is InChI=1S/C30H48O/c1-18(2)25-22(31)17-28(6)14-12-21-20(26(25)28)9-10-24-29(21,7)16-13-23-27(4,5)19(3)11-15-30(23,24)8/h18-21,23-24H,9-17H2,1-8H3. The highest BCUT2D eigenvalue weighted by atomic mass is 16.1. The molecule has 0 saturated heterocycles. The normalized spacial score (nSPS) is 51.3. The smallest absolute Gasteiger partial charge is 0.159 e. The van der Waals surface area contributed by atoms with Gasteiger partial charge in [-0.15, -0.1) is 0 Å². The number of allylic oxidation sites excluding steroid dienone is 2. The molecule has 4 fully saturated rings. The Balaban J connectivity index is 1.55. The topological polar surface area (TPSA) is 17.1 Å². The molecule has 0 heterocycles. The Labute approximate surface area is 192 Å². The third-order valence-electron chi connectivity index (χ3n) is 12.5. The molecule has 0 aliphatic heterocycles. The Morgan fingerprint density at radius 2 is 1.48 bits per heavy atom. The molecule has 31 heavy (non-hydrogen) atoms. The lowest BCUT2D eigenvalue weighted by Gasteiger charge is -2.69. The van der Waals surface area contributed by atoms with Gasteiger partial charge in [0, 0.05) is 6.42 Å². The van der Waals surface area contributed by atoms with E-state index in [1.807, 2.05) is 0 Å². The fraction of sp³-hybridized carbons (Fsp3) is 0.900. The van der Waals surface area contributed by atoms with Crippen molar-refractivity contribution in [1.29, 1.82) is 0 Å². The zero-order valence-corrected chi connectivity index (χ0v) is 21.7. The van der Waals surface area contributed by atoms with Crippen molar-refractivity contribution in [3.8, 4) is 0 Å². The Kier molecular flexibility index (Phi) is 4.82. The molecule has 0 aromatic carbocycles. The van der Waals surface area contributed by atoms with Crippen molar-refractivity contribution in [2.75, 3.05) is 0 Å². The molecule has 0 aromatic heterocycles. The van der Waals surface area contributed by atoms with Gasteiger partial charge < -0.3 is 0 Å². The number of hydrogen-bond donors (Lipinski definition) is 0. The molecular formula is C30H48O. The fourth-order valence-corrected chi connectivity index (χ4v) is 10.8. The second kappa shape index (κ2) is 6.73. The number of carbonyl (C=O) groups is 1. The van der Waals surface area contributed by atoms with E-state index in [-0.39, 0.29) is 5.41 Å². The van der Waals surface area contributed by atoms with Gasteiger partial charge >= 0.3 is 0 Å². The van der Waals surface area contributed by atoms with Crippen LogP contribution in [-0.4, -0.2) is 5.78 Å². The molecule has 0 spiro atoms. The van der Waals surface area contributed by atoms with Gasteiger partial charge in [0.1, 0.15) is 0 Å². The summed E-state index contributed by atoms with van der Waals surface area (Å²) in [5.41, 5.74) is 4.52. The molecule has 0 bridgehead atoms. The number of rotatable bonds is 1. The minimum absolute atomic E-state index is 0.171. The number of carbonyl (C=O) groups excluding carboxylic acids is 1. The summed E-state index contributed by atoms with van der Waals surface area (Å²) < 4.78 is 0. The van der Waals surface area contributed by atoms with E-state index >= 15 is 0 Å². The molecular weight excluding hydrogens is 376 g/mol. The van der Waals surface area contributed by atoms with Crippen molar-refractivity contribution in [1.82, 2.24) is 0 Å². The molecule has 5 rings (SSSR count). The Morgan fingerprint density at radius 3 is 2.16 bits per heavy atom. The van der Waals surface area contributed by atoms with E-state index in [1.165, 1.54) is 56.9 Å². The van der Waals surface area contributed by atoms with Crippen LogP contribution in [-0.2, 0) is 4.79 Å². The van der Waals surface area contributed by atoms with Crippen molar-refractivity contribution < 1.29 is 4.79 Å². The molecule has 0 N–H and O–H groups in total. The first-order chi connectivity index (χ1) is 14.4. The molecule has 5 aliphatic rings. The van der Waals surface area contributed by atoms with E-state index in [0.29, 0.717) is 33.9 Å². The van der Waals surface area contributed by atoms with Crippen LogP contribution in [0.4, 0.5) is 0 Å². The molecule has 8 atom stereocenters. The van der Waals surface area contributed by atoms with E-state index in [0.717, 1.165) is 30.1 Å². The van der Waals surface area contributed by atoms with Gasteiger partial charge in [-0.2, -0.15) is 0 Å². The molecule has 1 heteroatoms. The van der Waals surface area contributed by atoms with Crippen molar-refractivity contribution in [2.24, 2.45) is 57.2 Å². The van der Waals surface area contributed by atoms with Crippen LogP contribution in [0.5, 0.6) is 0 Å². The minimum atomic E-state index is 0.171. The van der Waals surface area contributed by atoms with E-state index in [2.05, 4.69) is 55.4 Å². The van der Waals surface area contributed by atoms with Gasteiger partial charge in [-0.25, -0.2) is 0 Å². The number of Topliss-reactive ketones (excluding diaryl/α,β-unsaturated/α-hetero) is 1. The van der Waals surface area contributed by atoms with E-state index in [1.54, 1.807) is 5.57 Å². The van der Waals surface area contributed by atoms with Gasteiger partial charge in [0.25, 0.3) is 0 Å². The van der Waals surface area contributed by atoms with Crippen LogP contribution in [0.2, 0.25) is 0 Å². The lowest BCUT2D eigenvalue weighted by molar-refractivity contribution is -0.189. The van der Waals surface area contributed by atoms with Crippen LogP contribution in [0.25, 0.3) is 0 Å². The first-order valence-electron chi connectivity index (χ1n) is 13.6. The van der Waals surface area contributed by atoms with Crippen molar-refractivity contribution >= 4 is 5.78 Å². The fourth-order valence-electron chi connectivity index (χ4n) is 10.8. The van der Waals surface area contributed by atoms with Crippen LogP contribution >= 0.6 is 0 Å². The summed E-state index contributed by atoms with van der Waals surface area (Å²) in [5.74, 6) is 4.96. The molecule has 0 amide bonds. The third kappa shape index (κ3) is 2.76. The summed E-state index contributed by atoms with van der Waals surface area (Å²) in [5, 5.41) is 0. The molecule has 0 radical (unpaired) electrons. The van der Waals surface area contributed by atoms with Crippen LogP contribution in [0.3, 0.4) is 0 Å². The van der Waals surface area contributed by atoms with Crippen LogP contribution < -0.4 is 0 Å². The first-order valence-corrected chi connectivity index (χ1v) is 13.6. The van der Waals surface area contributed by atoms with Gasteiger partial charge in [-0.1, -0.05) is 61.0 Å². The van der Waals surface area contributed by atoms with Crippen LogP contribution in [0.1, 0.15) is 113 Å². The van der Waals surface area contributed by atoms with E-state index in [9.17, 15) is 4.79 Å². The Morgan fingerprint density at radius 1 is 0.806 bits per heavy atom. The zero-order chi connectivity index (χ0) is 22.6. The lowest BCUT2D eigenvalue weighted by atomic mass is 9.36. The molecule has 174 valence electrons. The predicted octanol–water partition coefficient (Wildman–Crippen LogP) is 8.23. The Hall–Kier alpha value is -0.590. The highest BCUT2D eigenvalue weighted by Crippen LogP contribution is 2.73. The molecule has 1 nitrogen and oxygen atoms in total. The maximum Gasteiger partial charge on any atom is 0.159 e. The first kappa shape index (κ1) is 22.2. The summed E-state index contributed by atoms with van der Waals surface area (Å²) in [6.45, 7) is 20.1. The second-order valence-corrected chi connectivity index (χ2v) is 14.4. The van der Waals surface area contributed by atoms with Gasteiger partial charge in [0.2, 0.25) is 0 Å². The number of hydrogen-bond acceptors (Lipinski definition) is 1. The van der Waals surface area contributed by atoms with Crippen molar-refractivity contribution in [3.05, 3.63) is 11.1 Å². The quantitative estimate of drug-likeness (QED) is 0.414. The van der Waals surface area contributed by atoms with Crippen molar-refractivity contribution in [2.45, 2.75) is 113 Å². The maximum absolute atomic E-state index is 13.1. The molecule has 8 unspecified atom stereocenters. The minimum Gasteiger partial charge on any atom is -0.295 e. The van der Waals surface area contributed by atoms with Gasteiger partial charge in [0.05, 0.1) is 0 Å². The summed E-state index contributed by atoms with van der Waals surface area (Å²) in [6.07, 6.45) is 11.8. The summed E-state index contributed by atoms with van der Waals surface area (Å²) >= 11 is 0. The predicted molar refractivity (Wildman–Crippen MR) is 130 cm³/mol. The third-order valence-corrected chi connectivity index (χ3v) is 12.5. The Bertz CT molecular complexity index is 816. The monoisotopic (exact) mass is 424 g/mol. The van der Waals surface area contributed by atoms with Gasteiger partial charge in [0.15, 0.2) is 5.78 Å². The largest absolute Gasteiger partial charge is 0.295 e. The summed E-state index contributed by atoms with van der Waals surface area (Å²) in [4.78, 5) is 13.1. The van der Waals surface area contributed by atoms with Crippen LogP contribution in [0.15, 0.2) is 11.1 Å². The second-order valence-electron chi connectivity index (χ2n) is 14.4. The highest BCUT2D eigenvalue weighted by molar-refractivity contribution is 6.00. The number of ketones is 1. The van der Waals surface area contributed by atoms with Crippen LogP contribution in [0, 0.1) is 57.2 Å². The zero-order valence-electron chi connectivity index (χ0n) is 21.7. The summed E-state index contributed by atoms with van der Waals surface area (Å²) in [6, 6.07) is 0. The SMILES string of the molecule is CC(C)C1=C2C3CCC4C(C)(CCC5C(C)(C)C(C)CCC54C)C3CCC2(C)CC1=O. The average molecular weight is 425 g/mol. The van der Waals surface area contributed by atoms with Gasteiger partial charge in [-0.3, -0.25) is 4.79 Å². The summed E-state index contributed by atoms with van der Waals surface area (Å²) in [7, 11) is 0. The van der Waals surface area contributed by atoms with E-state index in [4.69, 9.17) is 0 Å². The molecule has 5 aliphatic carbocycles. The lowest BCUT2D eigenvalue weighted by Crippen LogP contribution is -2.61. The van der Waals surface area contributed by atoms with Crippen molar-refractivity contribution in [3.63, 3.8) is 0 Å². The highest BCUT2D eigenvalue weighted by Gasteiger charge is 2.65. The van der Waals surface area contributed by atoms with E-state index < -0.39 is 0 Å². The number of fused-ring (bicyclic) bond motifs is 7. The maximum atomic E-state index is 13.1. The molecule has 4 saturated carbocycles. The average Bonchev–Trinajstić information content (AvgIpc) is 2.95. The van der Waals surface area contributed by atoms with Gasteiger partial charge in [-0.05, 0) is 114 Å².